The van der Waals surface area contributed by atoms with Crippen molar-refractivity contribution in [2.45, 2.75) is 0 Å². The lowest BCUT2D eigenvalue weighted by molar-refractivity contribution is 0.953. The monoisotopic (exact) mass is 236 g/mol. The van der Waals surface area contributed by atoms with Gasteiger partial charge in [0.05, 0.1) is 17.3 Å². The number of aromatic nitrogens is 4. The van der Waals surface area contributed by atoms with E-state index in [0.29, 0.717) is 11.3 Å². The molecule has 0 atom stereocenters. The second kappa shape index (κ2) is 3.82. The molecule has 0 radical (unpaired) electrons. The first-order valence-corrected chi connectivity index (χ1v) is 5.26. The highest BCUT2D eigenvalue weighted by atomic mass is 15.4. The average molecular weight is 236 g/mol. The molecule has 3 rings (SSSR count). The fraction of sp³-hybridized carbons (Fsp3) is 0. The van der Waals surface area contributed by atoms with Crippen molar-refractivity contribution in [3.8, 4) is 17.3 Å². The van der Waals surface area contributed by atoms with E-state index in [0.717, 1.165) is 11.3 Å². The predicted octanol–water partition coefficient (Wildman–Crippen LogP) is 1.25. The highest BCUT2D eigenvalue weighted by Crippen LogP contribution is 2.19. The van der Waals surface area contributed by atoms with Gasteiger partial charge >= 0.3 is 0 Å². The molecule has 6 heteroatoms. The van der Waals surface area contributed by atoms with Crippen LogP contribution in [0, 0.1) is 11.3 Å². The highest BCUT2D eigenvalue weighted by Gasteiger charge is 2.07. The van der Waals surface area contributed by atoms with Gasteiger partial charge in [0.15, 0.2) is 0 Å². The zero-order valence-electron chi connectivity index (χ0n) is 9.28. The Morgan fingerprint density at radius 1 is 1.17 bits per heavy atom. The van der Waals surface area contributed by atoms with Crippen LogP contribution in [0.25, 0.3) is 17.0 Å². The topological polar surface area (TPSA) is 92.9 Å². The second-order valence-corrected chi connectivity index (χ2v) is 3.70. The molecule has 0 aliphatic carbocycles. The maximum Gasteiger partial charge on any atom is 0.254 e. The van der Waals surface area contributed by atoms with Crippen LogP contribution >= 0.6 is 0 Å². The third kappa shape index (κ3) is 1.55. The largest absolute Gasteiger partial charge is 0.366 e. The van der Waals surface area contributed by atoms with E-state index in [1.54, 1.807) is 22.8 Å². The van der Waals surface area contributed by atoms with Crippen LogP contribution in [0.5, 0.6) is 0 Å². The van der Waals surface area contributed by atoms with E-state index in [4.69, 9.17) is 11.0 Å². The maximum absolute atomic E-state index is 8.77. The summed E-state index contributed by atoms with van der Waals surface area (Å²) in [5, 5.41) is 12.9. The SMILES string of the molecule is N#Cc1ccc(-c2ccnc3nc(N)nn23)cc1. The van der Waals surface area contributed by atoms with Crippen LogP contribution in [0.2, 0.25) is 0 Å². The third-order valence-electron chi connectivity index (χ3n) is 2.57. The molecule has 2 aromatic heterocycles. The van der Waals surface area contributed by atoms with Gasteiger partial charge in [-0.15, -0.1) is 5.10 Å². The Bertz CT molecular complexity index is 750. The Labute approximate surface area is 102 Å². The van der Waals surface area contributed by atoms with Crippen LogP contribution in [0.15, 0.2) is 36.5 Å². The quantitative estimate of drug-likeness (QED) is 0.686. The number of fused-ring (bicyclic) bond motifs is 1. The molecule has 0 aliphatic rings. The van der Waals surface area contributed by atoms with Gasteiger partial charge in [0.1, 0.15) is 0 Å². The minimum atomic E-state index is 0.184. The molecule has 0 spiro atoms. The zero-order chi connectivity index (χ0) is 12.5. The van der Waals surface area contributed by atoms with Crippen molar-refractivity contribution >= 4 is 11.7 Å². The van der Waals surface area contributed by atoms with E-state index < -0.39 is 0 Å². The Hall–Kier alpha value is -2.94. The van der Waals surface area contributed by atoms with Gasteiger partial charge in [-0.2, -0.15) is 14.8 Å². The summed E-state index contributed by atoms with van der Waals surface area (Å²) in [4.78, 5) is 8.08. The molecule has 86 valence electrons. The number of nitrogens with two attached hydrogens (primary N) is 1. The number of anilines is 1. The Morgan fingerprint density at radius 3 is 2.67 bits per heavy atom. The fourth-order valence-electron chi connectivity index (χ4n) is 1.74. The van der Waals surface area contributed by atoms with Gasteiger partial charge in [-0.05, 0) is 18.2 Å². The fourth-order valence-corrected chi connectivity index (χ4v) is 1.74. The molecule has 3 aromatic rings. The van der Waals surface area contributed by atoms with Crippen LogP contribution in [0.4, 0.5) is 5.95 Å². The number of nitriles is 1. The van der Waals surface area contributed by atoms with Crippen molar-refractivity contribution in [3.05, 3.63) is 42.1 Å². The lowest BCUT2D eigenvalue weighted by atomic mass is 10.1. The van der Waals surface area contributed by atoms with Crippen molar-refractivity contribution in [2.24, 2.45) is 0 Å². The number of rotatable bonds is 1. The molecule has 2 N–H and O–H groups in total. The summed E-state index contributed by atoms with van der Waals surface area (Å²) in [6.07, 6.45) is 1.65. The van der Waals surface area contributed by atoms with Gasteiger partial charge in [0, 0.05) is 11.8 Å². The summed E-state index contributed by atoms with van der Waals surface area (Å²) in [5.74, 6) is 0.637. The number of hydrogen-bond acceptors (Lipinski definition) is 5. The smallest absolute Gasteiger partial charge is 0.254 e. The maximum atomic E-state index is 8.77. The minimum absolute atomic E-state index is 0.184. The van der Waals surface area contributed by atoms with E-state index >= 15 is 0 Å². The molecular weight excluding hydrogens is 228 g/mol. The van der Waals surface area contributed by atoms with Crippen molar-refractivity contribution in [1.82, 2.24) is 19.6 Å². The molecule has 0 bridgehead atoms. The summed E-state index contributed by atoms with van der Waals surface area (Å²) in [6.45, 7) is 0. The molecular formula is C12H8N6. The number of hydrogen-bond donors (Lipinski definition) is 1. The van der Waals surface area contributed by atoms with Crippen molar-refractivity contribution in [3.63, 3.8) is 0 Å². The van der Waals surface area contributed by atoms with Crippen molar-refractivity contribution < 1.29 is 0 Å². The summed E-state index contributed by atoms with van der Waals surface area (Å²) in [6, 6.07) is 11.1. The molecule has 0 fully saturated rings. The van der Waals surface area contributed by atoms with Crippen LogP contribution in [-0.4, -0.2) is 19.6 Å². The van der Waals surface area contributed by atoms with Crippen LogP contribution in [0.1, 0.15) is 5.56 Å². The predicted molar refractivity (Wildman–Crippen MR) is 65.3 cm³/mol. The zero-order valence-corrected chi connectivity index (χ0v) is 9.28. The number of nitrogen functional groups attached to an aromatic ring is 1. The van der Waals surface area contributed by atoms with Gasteiger partial charge in [0.2, 0.25) is 5.95 Å². The summed E-state index contributed by atoms with van der Waals surface area (Å²) < 4.78 is 1.58. The first kappa shape index (κ1) is 10.2. The number of nitrogens with zero attached hydrogens (tertiary/aromatic N) is 5. The normalized spacial score (nSPS) is 10.4. The van der Waals surface area contributed by atoms with Crippen molar-refractivity contribution in [2.75, 3.05) is 5.73 Å². The highest BCUT2D eigenvalue weighted by molar-refractivity contribution is 5.62. The molecule has 0 unspecified atom stereocenters. The van der Waals surface area contributed by atoms with E-state index in [1.807, 2.05) is 18.2 Å². The number of benzene rings is 1. The van der Waals surface area contributed by atoms with Gasteiger partial charge in [0.25, 0.3) is 5.78 Å². The minimum Gasteiger partial charge on any atom is -0.366 e. The third-order valence-corrected chi connectivity index (χ3v) is 2.57. The van der Waals surface area contributed by atoms with E-state index in [-0.39, 0.29) is 5.95 Å². The molecule has 0 saturated heterocycles. The Morgan fingerprint density at radius 2 is 1.94 bits per heavy atom. The average Bonchev–Trinajstić information content (AvgIpc) is 2.79. The van der Waals surface area contributed by atoms with Crippen LogP contribution in [0.3, 0.4) is 0 Å². The molecule has 1 aromatic carbocycles. The summed E-state index contributed by atoms with van der Waals surface area (Å²) in [5.41, 5.74) is 7.92. The standard InChI is InChI=1S/C12H8N6/c13-7-8-1-3-9(4-2-8)10-5-6-15-12-16-11(14)17-18(10)12/h1-6H,(H2,14,17). The van der Waals surface area contributed by atoms with Gasteiger partial charge in [-0.1, -0.05) is 12.1 Å². The molecule has 2 heterocycles. The first-order valence-electron chi connectivity index (χ1n) is 5.26. The van der Waals surface area contributed by atoms with Gasteiger partial charge < -0.3 is 5.73 Å². The summed E-state index contributed by atoms with van der Waals surface area (Å²) in [7, 11) is 0. The molecule has 6 nitrogen and oxygen atoms in total. The van der Waals surface area contributed by atoms with Gasteiger partial charge in [-0.25, -0.2) is 4.98 Å². The van der Waals surface area contributed by atoms with Crippen LogP contribution in [-0.2, 0) is 0 Å². The summed E-state index contributed by atoms with van der Waals surface area (Å²) >= 11 is 0. The van der Waals surface area contributed by atoms with Gasteiger partial charge in [-0.3, -0.25) is 0 Å². The van der Waals surface area contributed by atoms with Crippen molar-refractivity contribution in [1.29, 1.82) is 5.26 Å². The van der Waals surface area contributed by atoms with Crippen LogP contribution < -0.4 is 5.73 Å². The van der Waals surface area contributed by atoms with E-state index in [2.05, 4.69) is 21.1 Å². The van der Waals surface area contributed by atoms with E-state index in [9.17, 15) is 0 Å². The first-order chi connectivity index (χ1) is 8.78. The molecule has 0 amide bonds. The Balaban J connectivity index is 2.21. The lowest BCUT2D eigenvalue weighted by Gasteiger charge is -2.03. The second-order valence-electron chi connectivity index (χ2n) is 3.70. The van der Waals surface area contributed by atoms with E-state index in [1.165, 1.54) is 0 Å². The molecule has 0 aliphatic heterocycles. The lowest BCUT2D eigenvalue weighted by Crippen LogP contribution is -1.96. The molecule has 0 saturated carbocycles. The molecule has 18 heavy (non-hydrogen) atoms. The Kier molecular flexibility index (Phi) is 2.17.